The molecule has 0 amide bonds. The van der Waals surface area contributed by atoms with Crippen LogP contribution in [0.2, 0.25) is 0 Å². The fourth-order valence-corrected chi connectivity index (χ4v) is 3.63. The van der Waals surface area contributed by atoms with E-state index < -0.39 is 5.56 Å². The first kappa shape index (κ1) is 22.7. The summed E-state index contributed by atoms with van der Waals surface area (Å²) in [6, 6.07) is 16.4. The maximum absolute atomic E-state index is 12.3. The largest absolute Gasteiger partial charge is 0.497 e. The molecule has 0 saturated carbocycles. The molecular formula is C26H23N3O5. The minimum atomic E-state index is -0.434. The predicted octanol–water partition coefficient (Wildman–Crippen LogP) is 4.78. The van der Waals surface area contributed by atoms with Gasteiger partial charge in [0.1, 0.15) is 46.9 Å². The number of pyridine rings is 1. The van der Waals surface area contributed by atoms with Gasteiger partial charge in [0.2, 0.25) is 5.89 Å². The number of nitriles is 1. The molecule has 4 rings (SSSR count). The highest BCUT2D eigenvalue weighted by Crippen LogP contribution is 2.35. The lowest BCUT2D eigenvalue weighted by molar-refractivity contribution is 0.300. The molecule has 0 aliphatic carbocycles. The van der Waals surface area contributed by atoms with Gasteiger partial charge in [-0.05, 0) is 44.2 Å². The monoisotopic (exact) mass is 457 g/mol. The second-order valence-electron chi connectivity index (χ2n) is 7.55. The summed E-state index contributed by atoms with van der Waals surface area (Å²) >= 11 is 0. The van der Waals surface area contributed by atoms with Crippen molar-refractivity contribution in [3.63, 3.8) is 0 Å². The van der Waals surface area contributed by atoms with Gasteiger partial charge >= 0.3 is 0 Å². The molecule has 0 unspecified atom stereocenters. The Bertz CT molecular complexity index is 1450. The molecule has 0 radical (unpaired) electrons. The number of hydrogen-bond donors (Lipinski definition) is 1. The van der Waals surface area contributed by atoms with Gasteiger partial charge < -0.3 is 23.6 Å². The smallest absolute Gasteiger partial charge is 0.266 e. The summed E-state index contributed by atoms with van der Waals surface area (Å²) in [6.07, 6.45) is 0. The average molecular weight is 457 g/mol. The predicted molar refractivity (Wildman–Crippen MR) is 126 cm³/mol. The van der Waals surface area contributed by atoms with Crippen LogP contribution >= 0.6 is 0 Å². The number of hydrogen-bond acceptors (Lipinski definition) is 7. The van der Waals surface area contributed by atoms with Crippen LogP contribution in [0.15, 0.2) is 57.7 Å². The number of ether oxygens (including phenoxy) is 3. The summed E-state index contributed by atoms with van der Waals surface area (Å²) in [4.78, 5) is 19.5. The molecule has 8 nitrogen and oxygen atoms in total. The van der Waals surface area contributed by atoms with Gasteiger partial charge in [-0.15, -0.1) is 0 Å². The van der Waals surface area contributed by atoms with Crippen LogP contribution in [0.3, 0.4) is 0 Å². The molecule has 0 saturated heterocycles. The van der Waals surface area contributed by atoms with Gasteiger partial charge in [0, 0.05) is 16.8 Å². The first-order chi connectivity index (χ1) is 16.4. The number of aromatic amines is 1. The maximum Gasteiger partial charge on any atom is 0.266 e. The Hall–Kier alpha value is -4.51. The molecule has 0 aliphatic heterocycles. The van der Waals surface area contributed by atoms with Crippen molar-refractivity contribution in [3.8, 4) is 45.9 Å². The number of methoxy groups -OCH3 is 2. The SMILES string of the molecule is COc1ccc(OC)c(-c2nc(COc3ccccc3-c3cc(C)[nH]c(=O)c3C#N)c(C)o2)c1. The summed E-state index contributed by atoms with van der Waals surface area (Å²) in [6.45, 7) is 3.70. The fourth-order valence-electron chi connectivity index (χ4n) is 3.63. The van der Waals surface area contributed by atoms with Crippen molar-refractivity contribution in [2.24, 2.45) is 0 Å². The van der Waals surface area contributed by atoms with Gasteiger partial charge in [-0.1, -0.05) is 18.2 Å². The number of aryl methyl sites for hydroxylation is 2. The molecule has 172 valence electrons. The Morgan fingerprint density at radius 1 is 1.00 bits per heavy atom. The van der Waals surface area contributed by atoms with Crippen molar-refractivity contribution in [2.45, 2.75) is 20.5 Å². The molecule has 0 spiro atoms. The zero-order chi connectivity index (χ0) is 24.2. The van der Waals surface area contributed by atoms with Crippen LogP contribution in [0.5, 0.6) is 17.2 Å². The van der Waals surface area contributed by atoms with E-state index in [1.807, 2.05) is 31.2 Å². The Labute approximate surface area is 196 Å². The lowest BCUT2D eigenvalue weighted by Crippen LogP contribution is -2.13. The second kappa shape index (κ2) is 9.55. The van der Waals surface area contributed by atoms with Crippen molar-refractivity contribution < 1.29 is 18.6 Å². The third-order valence-corrected chi connectivity index (χ3v) is 5.35. The van der Waals surface area contributed by atoms with Gasteiger partial charge in [-0.3, -0.25) is 4.79 Å². The van der Waals surface area contributed by atoms with Crippen LogP contribution in [0.1, 0.15) is 22.7 Å². The van der Waals surface area contributed by atoms with E-state index >= 15 is 0 Å². The fraction of sp³-hybridized carbons (Fsp3) is 0.192. The Kier molecular flexibility index (Phi) is 6.37. The number of nitrogens with one attached hydrogen (secondary N) is 1. The van der Waals surface area contributed by atoms with E-state index in [4.69, 9.17) is 18.6 Å². The standard InChI is InChI=1S/C26H23N3O5/c1-15-11-19(21(13-27)25(30)28-15)18-7-5-6-8-24(18)33-14-22-16(2)34-26(29-22)20-12-17(31-3)9-10-23(20)32-4/h5-12H,14H2,1-4H3,(H,28,30). The molecule has 34 heavy (non-hydrogen) atoms. The van der Waals surface area contributed by atoms with Crippen LogP contribution < -0.4 is 19.8 Å². The molecule has 4 aromatic rings. The molecule has 0 atom stereocenters. The Morgan fingerprint density at radius 2 is 1.79 bits per heavy atom. The van der Waals surface area contributed by atoms with Crippen molar-refractivity contribution in [3.05, 3.63) is 81.6 Å². The molecule has 8 heteroatoms. The minimum Gasteiger partial charge on any atom is -0.497 e. The van der Waals surface area contributed by atoms with Crippen LogP contribution in [0.4, 0.5) is 0 Å². The summed E-state index contributed by atoms with van der Waals surface area (Å²) in [5.74, 6) is 2.76. The normalized spacial score (nSPS) is 10.6. The lowest BCUT2D eigenvalue weighted by Gasteiger charge is -2.12. The van der Waals surface area contributed by atoms with Gasteiger partial charge in [-0.2, -0.15) is 5.26 Å². The molecule has 1 N–H and O–H groups in total. The molecule has 2 aromatic carbocycles. The minimum absolute atomic E-state index is 0.0340. The number of aromatic nitrogens is 2. The van der Waals surface area contributed by atoms with Gasteiger partial charge in [-0.25, -0.2) is 4.98 Å². The van der Waals surface area contributed by atoms with E-state index in [0.29, 0.717) is 57.0 Å². The first-order valence-corrected chi connectivity index (χ1v) is 10.5. The lowest BCUT2D eigenvalue weighted by atomic mass is 10.00. The van der Waals surface area contributed by atoms with Crippen molar-refractivity contribution in [1.29, 1.82) is 5.26 Å². The number of para-hydroxylation sites is 1. The van der Waals surface area contributed by atoms with Gasteiger partial charge in [0.15, 0.2) is 0 Å². The molecule has 0 bridgehead atoms. The van der Waals surface area contributed by atoms with Crippen LogP contribution in [-0.4, -0.2) is 24.2 Å². The van der Waals surface area contributed by atoms with E-state index in [9.17, 15) is 10.1 Å². The van der Waals surface area contributed by atoms with E-state index in [1.165, 1.54) is 0 Å². The molecular weight excluding hydrogens is 434 g/mol. The number of rotatable bonds is 7. The molecule has 2 aromatic heterocycles. The quantitative estimate of drug-likeness (QED) is 0.425. The number of nitrogens with zero attached hydrogens (tertiary/aromatic N) is 2. The van der Waals surface area contributed by atoms with Gasteiger partial charge in [0.05, 0.1) is 19.8 Å². The molecule has 0 fully saturated rings. The molecule has 0 aliphatic rings. The Balaban J connectivity index is 1.66. The van der Waals surface area contributed by atoms with E-state index in [0.717, 1.165) is 0 Å². The van der Waals surface area contributed by atoms with Crippen LogP contribution in [0, 0.1) is 25.2 Å². The van der Waals surface area contributed by atoms with Crippen molar-refractivity contribution >= 4 is 0 Å². The highest BCUT2D eigenvalue weighted by atomic mass is 16.5. The third kappa shape index (κ3) is 4.36. The summed E-state index contributed by atoms with van der Waals surface area (Å²) < 4.78 is 22.7. The number of benzene rings is 2. The molecule has 2 heterocycles. The van der Waals surface area contributed by atoms with E-state index in [2.05, 4.69) is 9.97 Å². The topological polar surface area (TPSA) is 110 Å². The zero-order valence-electron chi connectivity index (χ0n) is 19.3. The zero-order valence-corrected chi connectivity index (χ0v) is 19.3. The number of H-pyrrole nitrogens is 1. The highest BCUT2D eigenvalue weighted by molar-refractivity contribution is 5.75. The average Bonchev–Trinajstić information content (AvgIpc) is 3.22. The first-order valence-electron chi connectivity index (χ1n) is 10.5. The van der Waals surface area contributed by atoms with E-state index in [-0.39, 0.29) is 12.2 Å². The van der Waals surface area contributed by atoms with Crippen molar-refractivity contribution in [1.82, 2.24) is 9.97 Å². The summed E-state index contributed by atoms with van der Waals surface area (Å²) in [5, 5.41) is 9.53. The summed E-state index contributed by atoms with van der Waals surface area (Å²) in [5.41, 5.74) is 2.68. The summed E-state index contributed by atoms with van der Waals surface area (Å²) in [7, 11) is 3.16. The number of oxazole rings is 1. The Morgan fingerprint density at radius 3 is 2.53 bits per heavy atom. The van der Waals surface area contributed by atoms with Crippen LogP contribution in [0.25, 0.3) is 22.6 Å². The third-order valence-electron chi connectivity index (χ3n) is 5.35. The van der Waals surface area contributed by atoms with Crippen LogP contribution in [-0.2, 0) is 6.61 Å². The van der Waals surface area contributed by atoms with E-state index in [1.54, 1.807) is 51.5 Å². The van der Waals surface area contributed by atoms with Gasteiger partial charge in [0.25, 0.3) is 5.56 Å². The highest BCUT2D eigenvalue weighted by Gasteiger charge is 2.18. The maximum atomic E-state index is 12.3. The van der Waals surface area contributed by atoms with Crippen molar-refractivity contribution in [2.75, 3.05) is 14.2 Å². The second-order valence-corrected chi connectivity index (χ2v) is 7.55.